The highest BCUT2D eigenvalue weighted by molar-refractivity contribution is 5.84. The van der Waals surface area contributed by atoms with Crippen LogP contribution in [0, 0.1) is 29.1 Å². The molecule has 3 aliphatic carbocycles. The van der Waals surface area contributed by atoms with Gasteiger partial charge in [0, 0.05) is 19.8 Å². The Morgan fingerprint density at radius 2 is 1.97 bits per heavy atom. The highest BCUT2D eigenvalue weighted by Crippen LogP contribution is 2.60. The Morgan fingerprint density at radius 3 is 2.66 bits per heavy atom. The van der Waals surface area contributed by atoms with Gasteiger partial charge in [0.1, 0.15) is 6.10 Å². The fourth-order valence-corrected chi connectivity index (χ4v) is 8.06. The summed E-state index contributed by atoms with van der Waals surface area (Å²) < 4.78 is 5.62. The number of allylic oxidation sites excluding steroid dienone is 3. The number of esters is 1. The molecular weight excluding hydrogens is 434 g/mol. The van der Waals surface area contributed by atoms with Crippen molar-refractivity contribution in [1.29, 1.82) is 0 Å². The molecule has 0 N–H and O–H groups in total. The zero-order chi connectivity index (χ0) is 25.2. The summed E-state index contributed by atoms with van der Waals surface area (Å²) in [5.41, 5.74) is 4.06. The van der Waals surface area contributed by atoms with Crippen molar-refractivity contribution in [3.05, 3.63) is 23.3 Å². The first-order chi connectivity index (χ1) is 16.6. The molecule has 0 aromatic carbocycles. The summed E-state index contributed by atoms with van der Waals surface area (Å²) in [6.07, 6.45) is 18.8. The number of ether oxygens (including phenoxy) is 1. The van der Waals surface area contributed by atoms with E-state index in [-0.39, 0.29) is 17.7 Å². The Kier molecular flexibility index (Phi) is 8.18. The Bertz CT molecular complexity index is 870. The summed E-state index contributed by atoms with van der Waals surface area (Å²) in [6, 6.07) is 0. The number of nitrogens with zero attached hydrogens (tertiary/aromatic N) is 1. The molecule has 0 aromatic rings. The summed E-state index contributed by atoms with van der Waals surface area (Å²) in [7, 11) is 0. The molecule has 6 atom stereocenters. The highest BCUT2D eigenvalue weighted by Gasteiger charge is 2.51. The SMILES string of the molecule is CC(=O)O[C@H]1CC[C@@]2(CC(C)=NO2)/C(=C/C=C2\CCC[C@]3(C)[C@@H]([C@H](C)CCCC(C)C)CC[C@@H]23)C1. The van der Waals surface area contributed by atoms with Gasteiger partial charge in [0.25, 0.3) is 0 Å². The minimum Gasteiger partial charge on any atom is -0.462 e. The lowest BCUT2D eigenvalue weighted by atomic mass is 9.60. The molecule has 3 saturated carbocycles. The van der Waals surface area contributed by atoms with Crippen molar-refractivity contribution in [2.75, 3.05) is 0 Å². The molecule has 0 amide bonds. The molecule has 0 unspecified atom stereocenters. The quantitative estimate of drug-likeness (QED) is 0.343. The molecule has 1 aliphatic heterocycles. The van der Waals surface area contributed by atoms with E-state index in [1.165, 1.54) is 63.9 Å². The van der Waals surface area contributed by atoms with Crippen LogP contribution in [0.4, 0.5) is 0 Å². The van der Waals surface area contributed by atoms with E-state index in [9.17, 15) is 4.79 Å². The molecule has 1 heterocycles. The average molecular weight is 484 g/mol. The zero-order valence-corrected chi connectivity index (χ0v) is 23.2. The second-order valence-electron chi connectivity index (χ2n) is 12.9. The van der Waals surface area contributed by atoms with E-state index >= 15 is 0 Å². The molecule has 0 bridgehead atoms. The van der Waals surface area contributed by atoms with E-state index < -0.39 is 0 Å². The molecule has 1 spiro atoms. The first kappa shape index (κ1) is 26.5. The predicted molar refractivity (Wildman–Crippen MR) is 143 cm³/mol. The minimum absolute atomic E-state index is 0.0496. The van der Waals surface area contributed by atoms with Crippen LogP contribution in [-0.4, -0.2) is 23.4 Å². The third kappa shape index (κ3) is 5.72. The van der Waals surface area contributed by atoms with Crippen LogP contribution >= 0.6 is 0 Å². The number of rotatable bonds is 7. The van der Waals surface area contributed by atoms with Crippen molar-refractivity contribution in [3.8, 4) is 0 Å². The van der Waals surface area contributed by atoms with Crippen molar-refractivity contribution < 1.29 is 14.4 Å². The average Bonchev–Trinajstić information content (AvgIpc) is 3.34. The molecule has 4 rings (SSSR count). The van der Waals surface area contributed by atoms with E-state index in [0.717, 1.165) is 49.1 Å². The molecule has 196 valence electrons. The van der Waals surface area contributed by atoms with Gasteiger partial charge in [0.15, 0.2) is 5.60 Å². The molecule has 4 nitrogen and oxygen atoms in total. The highest BCUT2D eigenvalue weighted by atomic mass is 16.7. The molecule has 3 fully saturated rings. The number of fused-ring (bicyclic) bond motifs is 1. The summed E-state index contributed by atoms with van der Waals surface area (Å²) in [5, 5.41) is 4.32. The Hall–Kier alpha value is -1.58. The van der Waals surface area contributed by atoms with Crippen LogP contribution in [0.15, 0.2) is 28.5 Å². The van der Waals surface area contributed by atoms with Crippen LogP contribution < -0.4 is 0 Å². The fraction of sp³-hybridized carbons (Fsp3) is 0.806. The van der Waals surface area contributed by atoms with Crippen LogP contribution in [-0.2, 0) is 14.4 Å². The fourth-order valence-electron chi connectivity index (χ4n) is 8.06. The van der Waals surface area contributed by atoms with Gasteiger partial charge in [-0.25, -0.2) is 0 Å². The van der Waals surface area contributed by atoms with Crippen LogP contribution in [0.3, 0.4) is 0 Å². The molecule has 35 heavy (non-hydrogen) atoms. The Morgan fingerprint density at radius 1 is 1.17 bits per heavy atom. The third-order valence-corrected chi connectivity index (χ3v) is 9.82. The van der Waals surface area contributed by atoms with Crippen molar-refractivity contribution in [3.63, 3.8) is 0 Å². The van der Waals surface area contributed by atoms with Gasteiger partial charge in [0.05, 0.1) is 5.71 Å². The van der Waals surface area contributed by atoms with E-state index in [2.05, 4.69) is 51.9 Å². The van der Waals surface area contributed by atoms with Gasteiger partial charge in [-0.3, -0.25) is 4.79 Å². The van der Waals surface area contributed by atoms with Gasteiger partial charge in [-0.2, -0.15) is 0 Å². The van der Waals surface area contributed by atoms with Crippen molar-refractivity contribution in [2.45, 2.75) is 130 Å². The smallest absolute Gasteiger partial charge is 0.302 e. The zero-order valence-electron chi connectivity index (χ0n) is 23.2. The molecule has 0 radical (unpaired) electrons. The number of hydrogen-bond donors (Lipinski definition) is 0. The van der Waals surface area contributed by atoms with Crippen LogP contribution in [0.25, 0.3) is 0 Å². The van der Waals surface area contributed by atoms with Crippen molar-refractivity contribution in [1.82, 2.24) is 0 Å². The lowest BCUT2D eigenvalue weighted by molar-refractivity contribution is -0.149. The number of carbonyl (C=O) groups excluding carboxylic acids is 1. The molecular formula is C31H49NO3. The van der Waals surface area contributed by atoms with Crippen LogP contribution in [0.2, 0.25) is 0 Å². The van der Waals surface area contributed by atoms with Crippen LogP contribution in [0.1, 0.15) is 119 Å². The Labute approximate surface area is 214 Å². The summed E-state index contributed by atoms with van der Waals surface area (Å²) in [6.45, 7) is 13.4. The van der Waals surface area contributed by atoms with E-state index in [4.69, 9.17) is 9.57 Å². The van der Waals surface area contributed by atoms with E-state index in [1.54, 1.807) is 5.57 Å². The standard InChI is InChI=1S/C31H49NO3/c1-21(2)9-7-10-22(3)28-14-15-29-25(11-8-17-30(28,29)6)12-13-26-19-27(34-24(5)33)16-18-31(26)20-23(4)32-35-31/h12-13,21-22,27-29H,7-11,14-20H2,1-6H3/b25-12+,26-13+/t22-,27+,28-,29+,30-,31-/m1/s1. The van der Waals surface area contributed by atoms with Crippen LogP contribution in [0.5, 0.6) is 0 Å². The van der Waals surface area contributed by atoms with E-state index in [1.807, 2.05) is 0 Å². The first-order valence-electron chi connectivity index (χ1n) is 14.4. The summed E-state index contributed by atoms with van der Waals surface area (Å²) in [4.78, 5) is 17.7. The largest absolute Gasteiger partial charge is 0.462 e. The molecule has 0 aromatic heterocycles. The minimum atomic E-state index is -0.334. The van der Waals surface area contributed by atoms with Crippen molar-refractivity contribution in [2.24, 2.45) is 34.2 Å². The molecule has 0 saturated heterocycles. The second-order valence-corrected chi connectivity index (χ2v) is 12.9. The first-order valence-corrected chi connectivity index (χ1v) is 14.4. The summed E-state index contributed by atoms with van der Waals surface area (Å²) in [5.74, 6) is 3.00. The van der Waals surface area contributed by atoms with Gasteiger partial charge in [-0.1, -0.05) is 69.8 Å². The van der Waals surface area contributed by atoms with Crippen molar-refractivity contribution >= 4 is 11.7 Å². The molecule has 4 heteroatoms. The Balaban J connectivity index is 1.52. The maximum Gasteiger partial charge on any atom is 0.302 e. The topological polar surface area (TPSA) is 47.9 Å². The van der Waals surface area contributed by atoms with Gasteiger partial charge >= 0.3 is 5.97 Å². The van der Waals surface area contributed by atoms with E-state index in [0.29, 0.717) is 11.3 Å². The monoisotopic (exact) mass is 483 g/mol. The lowest BCUT2D eigenvalue weighted by Crippen LogP contribution is -2.39. The lowest BCUT2D eigenvalue weighted by Gasteiger charge is -2.44. The van der Waals surface area contributed by atoms with Gasteiger partial charge in [0.2, 0.25) is 0 Å². The predicted octanol–water partition coefficient (Wildman–Crippen LogP) is 8.17. The second kappa shape index (κ2) is 10.8. The maximum absolute atomic E-state index is 11.6. The number of oxime groups is 1. The van der Waals surface area contributed by atoms with Gasteiger partial charge < -0.3 is 9.57 Å². The van der Waals surface area contributed by atoms with Gasteiger partial charge in [-0.05, 0) is 86.5 Å². The summed E-state index contributed by atoms with van der Waals surface area (Å²) >= 11 is 0. The number of hydrogen-bond acceptors (Lipinski definition) is 4. The molecule has 4 aliphatic rings. The normalized spacial score (nSPS) is 38.0. The number of carbonyl (C=O) groups is 1. The third-order valence-electron chi connectivity index (χ3n) is 9.82. The van der Waals surface area contributed by atoms with Gasteiger partial charge in [-0.15, -0.1) is 0 Å². The maximum atomic E-state index is 11.6.